The Balaban J connectivity index is 1.73. The number of hydrogen-bond acceptors (Lipinski definition) is 0. The van der Waals surface area contributed by atoms with Gasteiger partial charge < -0.3 is 0 Å². The van der Waals surface area contributed by atoms with Crippen LogP contribution in [0.5, 0.6) is 0 Å². The highest BCUT2D eigenvalue weighted by atomic mass is 14.4. The van der Waals surface area contributed by atoms with Crippen LogP contribution in [-0.4, -0.2) is 0 Å². The average molecular weight is 401 g/mol. The minimum atomic E-state index is 0.335. The Morgan fingerprint density at radius 1 is 0.774 bits per heavy atom. The fourth-order valence-electron chi connectivity index (χ4n) is 5.52. The Morgan fingerprint density at radius 3 is 2.26 bits per heavy atom. The molecule has 2 unspecified atom stereocenters. The van der Waals surface area contributed by atoms with Gasteiger partial charge in [-0.05, 0) is 76.5 Å². The third-order valence-electron chi connectivity index (χ3n) is 6.87. The average Bonchev–Trinajstić information content (AvgIpc) is 3.09. The molecule has 0 aliphatic heterocycles. The van der Waals surface area contributed by atoms with Crippen molar-refractivity contribution >= 4 is 5.57 Å². The fraction of sp³-hybridized carbons (Fsp3) is 0.161. The van der Waals surface area contributed by atoms with Crippen molar-refractivity contribution in [1.82, 2.24) is 0 Å². The molecule has 0 heteroatoms. The van der Waals surface area contributed by atoms with E-state index in [0.717, 1.165) is 0 Å². The molecule has 0 radical (unpaired) electrons. The van der Waals surface area contributed by atoms with E-state index in [-0.39, 0.29) is 0 Å². The second-order valence-electron chi connectivity index (χ2n) is 8.60. The van der Waals surface area contributed by atoms with Gasteiger partial charge in [0.25, 0.3) is 0 Å². The van der Waals surface area contributed by atoms with Gasteiger partial charge in [0.05, 0.1) is 0 Å². The second kappa shape index (κ2) is 7.71. The van der Waals surface area contributed by atoms with Gasteiger partial charge in [-0.3, -0.25) is 0 Å². The molecule has 0 bridgehead atoms. The fourth-order valence-corrected chi connectivity index (χ4v) is 5.52. The highest BCUT2D eigenvalue weighted by Gasteiger charge is 2.40. The van der Waals surface area contributed by atoms with Crippen LogP contribution in [0.2, 0.25) is 0 Å². The van der Waals surface area contributed by atoms with E-state index in [4.69, 9.17) is 0 Å². The first kappa shape index (κ1) is 19.6. The molecular weight excluding hydrogens is 372 g/mol. The first-order chi connectivity index (χ1) is 15.2. The standard InChI is InChI=1S/C31H28/c1-5-11-24-22(6-2)26-16-10-17-28-25(18-19-29(24)31(26)28)27-15-9-13-21(4)30(27)23-14-8-7-12-20(23)3/h5-19,28,31H,2H2,1,3-4H3/b11-5-. The van der Waals surface area contributed by atoms with Crippen LogP contribution in [0, 0.1) is 25.7 Å². The highest BCUT2D eigenvalue weighted by Crippen LogP contribution is 2.54. The molecule has 0 saturated carbocycles. The molecule has 0 amide bonds. The Hall–Kier alpha value is -3.38. The van der Waals surface area contributed by atoms with E-state index < -0.39 is 0 Å². The Kier molecular flexibility index (Phi) is 4.87. The predicted octanol–water partition coefficient (Wildman–Crippen LogP) is 8.09. The molecule has 2 aromatic carbocycles. The summed E-state index contributed by atoms with van der Waals surface area (Å²) in [5.74, 6) is 0.705. The molecule has 152 valence electrons. The molecule has 2 aromatic rings. The van der Waals surface area contributed by atoms with Crippen molar-refractivity contribution in [2.24, 2.45) is 11.8 Å². The van der Waals surface area contributed by atoms with Crippen molar-refractivity contribution in [3.05, 3.63) is 137 Å². The Bertz CT molecular complexity index is 1270. The smallest absolute Gasteiger partial charge is 0.0205 e. The van der Waals surface area contributed by atoms with Crippen molar-refractivity contribution in [1.29, 1.82) is 0 Å². The minimum Gasteiger partial charge on any atom is -0.0984 e. The van der Waals surface area contributed by atoms with E-state index >= 15 is 0 Å². The molecule has 0 spiro atoms. The number of hydrogen-bond donors (Lipinski definition) is 0. The number of benzene rings is 2. The van der Waals surface area contributed by atoms with Gasteiger partial charge in [-0.15, -0.1) is 0 Å². The van der Waals surface area contributed by atoms with E-state index in [1.165, 1.54) is 55.7 Å². The largest absolute Gasteiger partial charge is 0.0984 e. The van der Waals surface area contributed by atoms with Crippen molar-refractivity contribution in [2.45, 2.75) is 20.8 Å². The molecule has 2 atom stereocenters. The lowest BCUT2D eigenvalue weighted by atomic mass is 9.70. The topological polar surface area (TPSA) is 0 Å². The summed E-state index contributed by atoms with van der Waals surface area (Å²) in [6, 6.07) is 15.5. The maximum Gasteiger partial charge on any atom is 0.0205 e. The van der Waals surface area contributed by atoms with E-state index in [1.807, 2.05) is 6.08 Å². The zero-order valence-electron chi connectivity index (χ0n) is 18.5. The van der Waals surface area contributed by atoms with Crippen LogP contribution in [-0.2, 0) is 0 Å². The van der Waals surface area contributed by atoms with Crippen LogP contribution in [0.15, 0.2) is 120 Å². The van der Waals surface area contributed by atoms with E-state index in [9.17, 15) is 0 Å². The highest BCUT2D eigenvalue weighted by molar-refractivity contribution is 5.89. The Morgan fingerprint density at radius 2 is 1.48 bits per heavy atom. The van der Waals surface area contributed by atoms with Crippen molar-refractivity contribution in [2.75, 3.05) is 0 Å². The van der Waals surface area contributed by atoms with Gasteiger partial charge >= 0.3 is 0 Å². The lowest BCUT2D eigenvalue weighted by Crippen LogP contribution is -2.21. The molecule has 3 aliphatic rings. The normalized spacial score (nSPS) is 21.7. The van der Waals surface area contributed by atoms with E-state index in [0.29, 0.717) is 11.8 Å². The zero-order chi connectivity index (χ0) is 21.5. The third kappa shape index (κ3) is 2.98. The van der Waals surface area contributed by atoms with Crippen molar-refractivity contribution in [3.63, 3.8) is 0 Å². The van der Waals surface area contributed by atoms with Gasteiger partial charge in [0, 0.05) is 11.8 Å². The summed E-state index contributed by atoms with van der Waals surface area (Å²) >= 11 is 0. The number of rotatable bonds is 4. The summed E-state index contributed by atoms with van der Waals surface area (Å²) in [7, 11) is 0. The van der Waals surface area contributed by atoms with Crippen molar-refractivity contribution in [3.8, 4) is 11.1 Å². The number of allylic oxidation sites excluding steroid dienone is 13. The molecule has 0 nitrogen and oxygen atoms in total. The van der Waals surface area contributed by atoms with Gasteiger partial charge in [0.15, 0.2) is 0 Å². The maximum atomic E-state index is 4.13. The summed E-state index contributed by atoms with van der Waals surface area (Å²) in [6.45, 7) is 10.7. The predicted molar refractivity (Wildman–Crippen MR) is 134 cm³/mol. The summed E-state index contributed by atoms with van der Waals surface area (Å²) in [5, 5.41) is 0. The van der Waals surface area contributed by atoms with Crippen LogP contribution < -0.4 is 0 Å². The Labute approximate surface area is 186 Å². The van der Waals surface area contributed by atoms with Gasteiger partial charge in [-0.2, -0.15) is 0 Å². The lowest BCUT2D eigenvalue weighted by Gasteiger charge is -2.33. The van der Waals surface area contributed by atoms with E-state index in [2.05, 4.69) is 112 Å². The molecule has 0 fully saturated rings. The molecule has 5 rings (SSSR count). The quantitative estimate of drug-likeness (QED) is 0.486. The lowest BCUT2D eigenvalue weighted by molar-refractivity contribution is 0.637. The molecular formula is C31H28. The van der Waals surface area contributed by atoms with Crippen LogP contribution >= 0.6 is 0 Å². The summed E-state index contributed by atoms with van der Waals surface area (Å²) < 4.78 is 0. The van der Waals surface area contributed by atoms with Crippen LogP contribution in [0.25, 0.3) is 16.7 Å². The molecule has 0 heterocycles. The van der Waals surface area contributed by atoms with E-state index in [1.54, 1.807) is 0 Å². The maximum absolute atomic E-state index is 4.13. The second-order valence-corrected chi connectivity index (χ2v) is 8.60. The van der Waals surface area contributed by atoms with Crippen LogP contribution in [0.1, 0.15) is 23.6 Å². The first-order valence-corrected chi connectivity index (χ1v) is 11.1. The minimum absolute atomic E-state index is 0.335. The van der Waals surface area contributed by atoms with Gasteiger partial charge in [-0.25, -0.2) is 0 Å². The molecule has 31 heavy (non-hydrogen) atoms. The molecule has 0 N–H and O–H groups in total. The third-order valence-corrected chi connectivity index (χ3v) is 6.87. The zero-order valence-corrected chi connectivity index (χ0v) is 18.5. The van der Waals surface area contributed by atoms with Gasteiger partial charge in [0.1, 0.15) is 0 Å². The molecule has 0 saturated heterocycles. The van der Waals surface area contributed by atoms with Crippen LogP contribution in [0.4, 0.5) is 0 Å². The monoisotopic (exact) mass is 400 g/mol. The first-order valence-electron chi connectivity index (χ1n) is 11.1. The van der Waals surface area contributed by atoms with Gasteiger partial charge in [0.2, 0.25) is 0 Å². The summed E-state index contributed by atoms with van der Waals surface area (Å²) in [6.07, 6.45) is 18.0. The van der Waals surface area contributed by atoms with Gasteiger partial charge in [-0.1, -0.05) is 97.7 Å². The summed E-state index contributed by atoms with van der Waals surface area (Å²) in [5.41, 5.74) is 13.5. The molecule has 3 aliphatic carbocycles. The van der Waals surface area contributed by atoms with Crippen LogP contribution in [0.3, 0.4) is 0 Å². The molecule has 0 aromatic heterocycles. The SMILES string of the molecule is C=CC1=C(/C=C\C)C2=CC=C(c3cccc(C)c3-c3ccccc3C)C3C=CC=C1C23. The summed E-state index contributed by atoms with van der Waals surface area (Å²) in [4.78, 5) is 0. The number of aryl methyl sites for hydroxylation is 2. The van der Waals surface area contributed by atoms with Crippen molar-refractivity contribution < 1.29 is 0 Å².